The second-order valence-electron chi connectivity index (χ2n) is 12.0. The van der Waals surface area contributed by atoms with Gasteiger partial charge in [-0.1, -0.05) is 72.8 Å². The second-order valence-corrected chi connectivity index (χ2v) is 12.0. The average Bonchev–Trinajstić information content (AvgIpc) is 3.13. The SMILES string of the molecule is Cc1c(OCc2ccc(CNCc3ccncc3)cc2)cccc1-c1cccc(OCc2ccc(CNCc3ccncc3)cc2)c1C. The van der Waals surface area contributed by atoms with Crippen molar-refractivity contribution < 1.29 is 9.47 Å². The molecule has 0 saturated heterocycles. The van der Waals surface area contributed by atoms with Crippen LogP contribution in [-0.4, -0.2) is 9.97 Å². The fraction of sp³-hybridized carbons (Fsp3) is 0.190. The topological polar surface area (TPSA) is 68.3 Å². The molecule has 2 N–H and O–H groups in total. The van der Waals surface area contributed by atoms with E-state index in [1.54, 1.807) is 0 Å². The van der Waals surface area contributed by atoms with Crippen LogP contribution in [0.3, 0.4) is 0 Å². The highest BCUT2D eigenvalue weighted by Crippen LogP contribution is 2.36. The van der Waals surface area contributed by atoms with E-state index in [1.807, 2.05) is 61.2 Å². The molecule has 2 aromatic heterocycles. The molecule has 0 aliphatic carbocycles. The molecule has 0 radical (unpaired) electrons. The lowest BCUT2D eigenvalue weighted by molar-refractivity contribution is 0.303. The number of hydrogen-bond donors (Lipinski definition) is 2. The van der Waals surface area contributed by atoms with Gasteiger partial charge in [-0.2, -0.15) is 0 Å². The summed E-state index contributed by atoms with van der Waals surface area (Å²) in [5, 5.41) is 6.98. The standard InChI is InChI=1S/C42H42N4O2/c1-31-39(5-3-7-41(31)47-29-37-13-9-33(10-14-37)25-45-27-35-17-21-43-22-18-35)40-6-4-8-42(32(40)2)48-30-38-15-11-34(12-16-38)26-46-28-36-19-23-44-24-20-36/h3-24,45-46H,25-30H2,1-2H3. The number of benzene rings is 4. The normalized spacial score (nSPS) is 11.0. The summed E-state index contributed by atoms with van der Waals surface area (Å²) in [6, 6.07) is 37.9. The van der Waals surface area contributed by atoms with E-state index in [-0.39, 0.29) is 0 Å². The smallest absolute Gasteiger partial charge is 0.123 e. The van der Waals surface area contributed by atoms with Crippen LogP contribution >= 0.6 is 0 Å². The highest BCUT2D eigenvalue weighted by molar-refractivity contribution is 5.74. The Bertz CT molecular complexity index is 1740. The summed E-state index contributed by atoms with van der Waals surface area (Å²) in [5.74, 6) is 1.77. The predicted octanol–water partition coefficient (Wildman–Crippen LogP) is 8.50. The van der Waals surface area contributed by atoms with Gasteiger partial charge in [0.15, 0.2) is 0 Å². The van der Waals surface area contributed by atoms with Gasteiger partial charge in [-0.15, -0.1) is 0 Å². The van der Waals surface area contributed by atoms with Crippen molar-refractivity contribution in [3.63, 3.8) is 0 Å². The van der Waals surface area contributed by atoms with E-state index in [1.165, 1.54) is 22.3 Å². The molecular formula is C42H42N4O2. The van der Waals surface area contributed by atoms with Crippen LogP contribution in [0.4, 0.5) is 0 Å². The van der Waals surface area contributed by atoms with Crippen LogP contribution in [0.2, 0.25) is 0 Å². The maximum atomic E-state index is 6.34. The zero-order valence-electron chi connectivity index (χ0n) is 27.7. The Labute approximate surface area is 283 Å². The largest absolute Gasteiger partial charge is 0.489 e. The summed E-state index contributed by atoms with van der Waals surface area (Å²) in [6.45, 7) is 8.53. The lowest BCUT2D eigenvalue weighted by Gasteiger charge is -2.17. The molecule has 0 bridgehead atoms. The number of nitrogens with one attached hydrogen (secondary N) is 2. The van der Waals surface area contributed by atoms with E-state index in [0.717, 1.165) is 71.1 Å². The molecule has 242 valence electrons. The van der Waals surface area contributed by atoms with Crippen LogP contribution in [0.25, 0.3) is 11.1 Å². The van der Waals surface area contributed by atoms with E-state index < -0.39 is 0 Å². The molecule has 0 amide bonds. The summed E-state index contributed by atoms with van der Waals surface area (Å²) in [7, 11) is 0. The molecule has 0 aliphatic rings. The van der Waals surface area contributed by atoms with Gasteiger partial charge in [0.05, 0.1) is 0 Å². The Morgan fingerprint density at radius 3 is 1.12 bits per heavy atom. The number of pyridine rings is 2. The number of ether oxygens (including phenoxy) is 2. The quantitative estimate of drug-likeness (QED) is 0.118. The van der Waals surface area contributed by atoms with Gasteiger partial charge in [0, 0.05) is 51.0 Å². The van der Waals surface area contributed by atoms with Crippen LogP contribution in [0.5, 0.6) is 11.5 Å². The molecule has 6 rings (SSSR count). The number of aromatic nitrogens is 2. The van der Waals surface area contributed by atoms with E-state index in [2.05, 4.69) is 107 Å². The minimum absolute atomic E-state index is 0.511. The molecule has 6 heteroatoms. The van der Waals surface area contributed by atoms with Gasteiger partial charge in [-0.05, 0) is 106 Å². The third-order valence-corrected chi connectivity index (χ3v) is 8.51. The van der Waals surface area contributed by atoms with Crippen molar-refractivity contribution in [3.8, 4) is 22.6 Å². The van der Waals surface area contributed by atoms with Crippen LogP contribution in [-0.2, 0) is 39.4 Å². The van der Waals surface area contributed by atoms with Crippen LogP contribution in [0.15, 0.2) is 134 Å². The average molecular weight is 635 g/mol. The Morgan fingerprint density at radius 1 is 0.417 bits per heavy atom. The number of rotatable bonds is 15. The summed E-state index contributed by atoms with van der Waals surface area (Å²) in [6.07, 6.45) is 7.29. The molecule has 0 unspecified atom stereocenters. The molecular weight excluding hydrogens is 592 g/mol. The Hall–Kier alpha value is -5.30. The maximum absolute atomic E-state index is 6.34. The molecule has 0 spiro atoms. The highest BCUT2D eigenvalue weighted by Gasteiger charge is 2.13. The van der Waals surface area contributed by atoms with Gasteiger partial charge in [0.25, 0.3) is 0 Å². The van der Waals surface area contributed by atoms with Gasteiger partial charge < -0.3 is 20.1 Å². The first kappa shape index (κ1) is 32.6. The zero-order valence-corrected chi connectivity index (χ0v) is 27.7. The fourth-order valence-corrected chi connectivity index (χ4v) is 5.66. The molecule has 0 aliphatic heterocycles. The predicted molar refractivity (Wildman–Crippen MR) is 192 cm³/mol. The van der Waals surface area contributed by atoms with Crippen LogP contribution in [0.1, 0.15) is 44.5 Å². The first-order valence-corrected chi connectivity index (χ1v) is 16.4. The first-order valence-electron chi connectivity index (χ1n) is 16.4. The van der Waals surface area contributed by atoms with Gasteiger partial charge in [0.1, 0.15) is 24.7 Å². The van der Waals surface area contributed by atoms with Crippen molar-refractivity contribution in [1.82, 2.24) is 20.6 Å². The minimum Gasteiger partial charge on any atom is -0.489 e. The third kappa shape index (κ3) is 8.94. The fourth-order valence-electron chi connectivity index (χ4n) is 5.66. The maximum Gasteiger partial charge on any atom is 0.123 e. The molecule has 0 fully saturated rings. The first-order chi connectivity index (χ1) is 23.6. The van der Waals surface area contributed by atoms with E-state index >= 15 is 0 Å². The molecule has 4 aromatic carbocycles. The van der Waals surface area contributed by atoms with Gasteiger partial charge in [0.2, 0.25) is 0 Å². The van der Waals surface area contributed by atoms with Gasteiger partial charge >= 0.3 is 0 Å². The van der Waals surface area contributed by atoms with E-state index in [4.69, 9.17) is 9.47 Å². The van der Waals surface area contributed by atoms with E-state index in [9.17, 15) is 0 Å². The van der Waals surface area contributed by atoms with Crippen molar-refractivity contribution in [2.75, 3.05) is 0 Å². The summed E-state index contributed by atoms with van der Waals surface area (Å²) < 4.78 is 12.7. The van der Waals surface area contributed by atoms with Crippen molar-refractivity contribution in [2.45, 2.75) is 53.2 Å². The summed E-state index contributed by atoms with van der Waals surface area (Å²) in [5.41, 5.74) is 11.7. The lowest BCUT2D eigenvalue weighted by Crippen LogP contribution is -2.12. The van der Waals surface area contributed by atoms with Gasteiger partial charge in [-0.3, -0.25) is 9.97 Å². The summed E-state index contributed by atoms with van der Waals surface area (Å²) >= 11 is 0. The lowest BCUT2D eigenvalue weighted by atomic mass is 9.95. The second kappa shape index (κ2) is 16.5. The summed E-state index contributed by atoms with van der Waals surface area (Å²) in [4.78, 5) is 8.15. The molecule has 0 atom stereocenters. The molecule has 6 aromatic rings. The van der Waals surface area contributed by atoms with Crippen LogP contribution < -0.4 is 20.1 Å². The monoisotopic (exact) mass is 634 g/mol. The minimum atomic E-state index is 0.511. The van der Waals surface area contributed by atoms with Crippen molar-refractivity contribution >= 4 is 0 Å². The highest BCUT2D eigenvalue weighted by atomic mass is 16.5. The molecule has 0 saturated carbocycles. The van der Waals surface area contributed by atoms with Gasteiger partial charge in [-0.25, -0.2) is 0 Å². The molecule has 48 heavy (non-hydrogen) atoms. The van der Waals surface area contributed by atoms with Crippen molar-refractivity contribution in [2.24, 2.45) is 0 Å². The number of hydrogen-bond acceptors (Lipinski definition) is 6. The third-order valence-electron chi connectivity index (χ3n) is 8.51. The molecule has 6 nitrogen and oxygen atoms in total. The van der Waals surface area contributed by atoms with Crippen molar-refractivity contribution in [1.29, 1.82) is 0 Å². The Balaban J connectivity index is 1.02. The van der Waals surface area contributed by atoms with Crippen LogP contribution in [0, 0.1) is 13.8 Å². The van der Waals surface area contributed by atoms with Crippen molar-refractivity contribution in [3.05, 3.63) is 178 Å². The Kier molecular flexibility index (Phi) is 11.2. The number of nitrogens with zero attached hydrogens (tertiary/aromatic N) is 2. The molecule has 2 heterocycles. The zero-order chi connectivity index (χ0) is 33.0. The van der Waals surface area contributed by atoms with E-state index in [0.29, 0.717) is 13.2 Å². The Morgan fingerprint density at radius 2 is 0.750 bits per heavy atom.